The van der Waals surface area contributed by atoms with Gasteiger partial charge in [-0.15, -0.1) is 0 Å². The van der Waals surface area contributed by atoms with Crippen LogP contribution in [0, 0.1) is 13.8 Å². The molecule has 0 radical (unpaired) electrons. The highest BCUT2D eigenvalue weighted by Crippen LogP contribution is 2.43. The van der Waals surface area contributed by atoms with Crippen LogP contribution in [0.2, 0.25) is 0 Å². The number of carbonyl (C=O) groups is 2. The number of hydrogen-bond donors (Lipinski definition) is 1. The molecule has 2 aromatic heterocycles. The minimum atomic E-state index is -0.770. The van der Waals surface area contributed by atoms with Gasteiger partial charge in [0.2, 0.25) is 0 Å². The number of carbonyl (C=O) groups excluding carboxylic acids is 2. The number of amides is 1. The molecule has 0 unspecified atom stereocenters. The van der Waals surface area contributed by atoms with E-state index in [1.165, 1.54) is 0 Å². The van der Waals surface area contributed by atoms with Crippen LogP contribution in [-0.4, -0.2) is 70.3 Å². The number of fused-ring (bicyclic) bond motifs is 1. The van der Waals surface area contributed by atoms with Gasteiger partial charge in [0.15, 0.2) is 5.76 Å². The Bertz CT molecular complexity index is 1290. The van der Waals surface area contributed by atoms with Crippen molar-refractivity contribution >= 4 is 23.1 Å². The molecule has 8 nitrogen and oxygen atoms in total. The van der Waals surface area contributed by atoms with Crippen molar-refractivity contribution in [3.05, 3.63) is 70.7 Å². The van der Waals surface area contributed by atoms with Crippen molar-refractivity contribution in [1.82, 2.24) is 19.2 Å². The zero-order chi connectivity index (χ0) is 24.6. The van der Waals surface area contributed by atoms with E-state index >= 15 is 0 Å². The number of pyridine rings is 1. The average Bonchev–Trinajstić information content (AvgIpc) is 3.28. The summed E-state index contributed by atoms with van der Waals surface area (Å²) in [5, 5.41) is 11.6. The van der Waals surface area contributed by atoms with Gasteiger partial charge in [-0.1, -0.05) is 24.3 Å². The molecule has 34 heavy (non-hydrogen) atoms. The molecule has 3 heterocycles. The number of aryl methyl sites for hydroxylation is 2. The van der Waals surface area contributed by atoms with Crippen LogP contribution < -0.4 is 4.74 Å². The molecule has 8 heteroatoms. The number of aliphatic hydroxyl groups excluding tert-OH is 1. The topological polar surface area (TPSA) is 87.4 Å². The number of aromatic nitrogens is 2. The maximum absolute atomic E-state index is 13.4. The summed E-state index contributed by atoms with van der Waals surface area (Å²) < 4.78 is 7.33. The molecule has 1 N–H and O–H groups in total. The van der Waals surface area contributed by atoms with Crippen molar-refractivity contribution in [2.75, 3.05) is 34.3 Å². The number of ether oxygens (including phenoxy) is 1. The van der Waals surface area contributed by atoms with Crippen LogP contribution in [0.3, 0.4) is 0 Å². The third-order valence-corrected chi connectivity index (χ3v) is 6.22. The van der Waals surface area contributed by atoms with Gasteiger partial charge in [0.25, 0.3) is 11.7 Å². The fourth-order valence-electron chi connectivity index (χ4n) is 4.61. The van der Waals surface area contributed by atoms with Gasteiger partial charge in [0.05, 0.1) is 24.4 Å². The summed E-state index contributed by atoms with van der Waals surface area (Å²) in [4.78, 5) is 34.7. The summed E-state index contributed by atoms with van der Waals surface area (Å²) >= 11 is 0. The summed E-state index contributed by atoms with van der Waals surface area (Å²) in [6, 6.07) is 10.3. The number of Topliss-reactive ketones (excluding diaryl/α,β-unsaturated/α-hetero) is 1. The lowest BCUT2D eigenvalue weighted by Crippen LogP contribution is -2.32. The fourth-order valence-corrected chi connectivity index (χ4v) is 4.61. The fraction of sp³-hybridized carbons (Fsp3) is 0.346. The normalized spacial score (nSPS) is 17.8. The minimum Gasteiger partial charge on any atom is -0.505 e. The smallest absolute Gasteiger partial charge is 0.295 e. The van der Waals surface area contributed by atoms with Crippen molar-refractivity contribution in [3.63, 3.8) is 0 Å². The van der Waals surface area contributed by atoms with Gasteiger partial charge >= 0.3 is 0 Å². The van der Waals surface area contributed by atoms with Crippen LogP contribution in [-0.2, 0) is 9.59 Å². The predicted octanol–water partition coefficient (Wildman–Crippen LogP) is 3.33. The van der Waals surface area contributed by atoms with Crippen molar-refractivity contribution in [2.45, 2.75) is 26.3 Å². The van der Waals surface area contributed by atoms with Crippen molar-refractivity contribution < 1.29 is 19.4 Å². The van der Waals surface area contributed by atoms with E-state index in [-0.39, 0.29) is 11.3 Å². The van der Waals surface area contributed by atoms with E-state index in [0.29, 0.717) is 41.3 Å². The molecule has 1 aromatic carbocycles. The molecule has 4 rings (SSSR count). The molecule has 178 valence electrons. The zero-order valence-electron chi connectivity index (χ0n) is 20.2. The largest absolute Gasteiger partial charge is 0.505 e. The number of benzene rings is 1. The monoisotopic (exact) mass is 462 g/mol. The second kappa shape index (κ2) is 9.30. The molecule has 1 amide bonds. The van der Waals surface area contributed by atoms with Gasteiger partial charge < -0.3 is 19.6 Å². The summed E-state index contributed by atoms with van der Waals surface area (Å²) in [6.07, 6.45) is 2.47. The average molecular weight is 463 g/mol. The Hall–Kier alpha value is -3.65. The van der Waals surface area contributed by atoms with E-state index in [2.05, 4.69) is 4.98 Å². The van der Waals surface area contributed by atoms with E-state index in [9.17, 15) is 14.7 Å². The lowest BCUT2D eigenvalue weighted by Gasteiger charge is -2.27. The molecule has 1 saturated heterocycles. The van der Waals surface area contributed by atoms with Crippen molar-refractivity contribution in [3.8, 4) is 5.75 Å². The van der Waals surface area contributed by atoms with Gasteiger partial charge in [-0.3, -0.25) is 14.0 Å². The van der Waals surface area contributed by atoms with E-state index < -0.39 is 17.7 Å². The second-order valence-corrected chi connectivity index (χ2v) is 8.82. The van der Waals surface area contributed by atoms with Crippen LogP contribution in [0.25, 0.3) is 11.4 Å². The van der Waals surface area contributed by atoms with E-state index in [0.717, 1.165) is 12.1 Å². The molecule has 0 aliphatic carbocycles. The summed E-state index contributed by atoms with van der Waals surface area (Å²) in [5.74, 6) is -1.03. The standard InChI is InChI=1S/C26H30N4O4/c1-16-10-8-14-29-21(17(2)27-25(16)29)23(31)20-22(18-11-6-7-12-19(18)34-5)30(26(33)24(20)32)15-9-13-28(3)4/h6-8,10-12,14,22,31H,9,13,15H2,1-5H3/t22-/m0/s1. The molecule has 1 fully saturated rings. The number of nitrogens with zero attached hydrogens (tertiary/aromatic N) is 4. The van der Waals surface area contributed by atoms with Crippen molar-refractivity contribution in [1.29, 1.82) is 0 Å². The first-order chi connectivity index (χ1) is 16.3. The Kier molecular flexibility index (Phi) is 6.43. The zero-order valence-corrected chi connectivity index (χ0v) is 20.2. The highest BCUT2D eigenvalue weighted by Gasteiger charge is 2.47. The lowest BCUT2D eigenvalue weighted by molar-refractivity contribution is -0.140. The number of imidazole rings is 1. The van der Waals surface area contributed by atoms with Crippen LogP contribution in [0.4, 0.5) is 0 Å². The third-order valence-electron chi connectivity index (χ3n) is 6.22. The minimum absolute atomic E-state index is 0.0470. The molecular formula is C26H30N4O4. The molecule has 1 aliphatic heterocycles. The quantitative estimate of drug-likeness (QED) is 0.329. The third kappa shape index (κ3) is 3.94. The Morgan fingerprint density at radius 2 is 1.88 bits per heavy atom. The molecule has 0 spiro atoms. The number of aliphatic hydroxyl groups is 1. The molecule has 1 atom stereocenters. The summed E-state index contributed by atoms with van der Waals surface area (Å²) in [5.41, 5.74) is 3.31. The maximum Gasteiger partial charge on any atom is 0.295 e. The molecule has 0 bridgehead atoms. The van der Waals surface area contributed by atoms with Gasteiger partial charge in [0.1, 0.15) is 17.1 Å². The van der Waals surface area contributed by atoms with Gasteiger partial charge in [-0.25, -0.2) is 4.98 Å². The molecule has 3 aromatic rings. The first kappa shape index (κ1) is 23.5. The van der Waals surface area contributed by atoms with Crippen LogP contribution in [0.5, 0.6) is 5.75 Å². The van der Waals surface area contributed by atoms with Gasteiger partial charge in [0, 0.05) is 18.3 Å². The first-order valence-electron chi connectivity index (χ1n) is 11.3. The van der Waals surface area contributed by atoms with Gasteiger partial charge in [-0.2, -0.15) is 0 Å². The predicted molar refractivity (Wildman–Crippen MR) is 130 cm³/mol. The van der Waals surface area contributed by atoms with E-state index in [1.807, 2.05) is 56.3 Å². The molecular weight excluding hydrogens is 432 g/mol. The Morgan fingerprint density at radius 1 is 1.15 bits per heavy atom. The first-order valence-corrected chi connectivity index (χ1v) is 11.3. The SMILES string of the molecule is COc1ccccc1[C@H]1C(=C(O)c2c(C)nc3c(C)cccn23)C(=O)C(=O)N1CCCN(C)C. The van der Waals surface area contributed by atoms with Crippen LogP contribution >= 0.6 is 0 Å². The number of hydrogen-bond acceptors (Lipinski definition) is 6. The van der Waals surface area contributed by atoms with Crippen LogP contribution in [0.15, 0.2) is 48.2 Å². The second-order valence-electron chi connectivity index (χ2n) is 8.82. The Labute approximate surface area is 199 Å². The van der Waals surface area contributed by atoms with Crippen LogP contribution in [0.1, 0.15) is 35.0 Å². The number of ketones is 1. The Morgan fingerprint density at radius 3 is 2.59 bits per heavy atom. The van der Waals surface area contributed by atoms with Crippen molar-refractivity contribution in [2.24, 2.45) is 0 Å². The maximum atomic E-state index is 13.4. The Balaban J connectivity index is 1.93. The number of methoxy groups -OCH3 is 1. The highest BCUT2D eigenvalue weighted by atomic mass is 16.5. The highest BCUT2D eigenvalue weighted by molar-refractivity contribution is 6.46. The summed E-state index contributed by atoms with van der Waals surface area (Å²) in [7, 11) is 5.47. The number of para-hydroxylation sites is 1. The lowest BCUT2D eigenvalue weighted by atomic mass is 9.95. The number of rotatable bonds is 7. The van der Waals surface area contributed by atoms with E-state index in [1.54, 1.807) is 35.6 Å². The van der Waals surface area contributed by atoms with Gasteiger partial charge in [-0.05, 0) is 58.6 Å². The molecule has 0 saturated carbocycles. The molecule has 1 aliphatic rings. The van der Waals surface area contributed by atoms with E-state index in [4.69, 9.17) is 4.74 Å². The summed E-state index contributed by atoms with van der Waals surface area (Å²) in [6.45, 7) is 4.84. The number of likely N-dealkylation sites (tertiary alicyclic amines) is 1.